The lowest BCUT2D eigenvalue weighted by molar-refractivity contribution is -0.145. The Balaban J connectivity index is 2.35. The molecule has 0 radical (unpaired) electrons. The minimum Gasteiger partial charge on any atom is -0.455 e. The van der Waals surface area contributed by atoms with E-state index in [1.807, 2.05) is 26.0 Å². The Kier molecular flexibility index (Phi) is 8.41. The fraction of sp³-hybridized carbons (Fsp3) is 0.400. The first-order valence-corrected chi connectivity index (χ1v) is 8.95. The first kappa shape index (κ1) is 22.3. The van der Waals surface area contributed by atoms with E-state index in [1.165, 1.54) is 17.1 Å². The summed E-state index contributed by atoms with van der Waals surface area (Å²) < 4.78 is 41.3. The summed E-state index contributed by atoms with van der Waals surface area (Å²) in [6.07, 6.45) is -4.59. The van der Waals surface area contributed by atoms with Crippen molar-refractivity contribution in [1.82, 2.24) is 10.6 Å². The number of aryl methyl sites for hydroxylation is 2. The van der Waals surface area contributed by atoms with Gasteiger partial charge in [-0.15, -0.1) is 11.8 Å². The van der Waals surface area contributed by atoms with E-state index in [-0.39, 0.29) is 5.75 Å². The van der Waals surface area contributed by atoms with E-state index >= 15 is 0 Å². The Morgan fingerprint density at radius 1 is 1.19 bits per heavy atom. The average Bonchev–Trinajstić information content (AvgIpc) is 2.52. The quantitative estimate of drug-likeness (QED) is 0.507. The lowest BCUT2D eigenvalue weighted by Crippen LogP contribution is -2.44. The second-order valence-corrected chi connectivity index (χ2v) is 7.03. The Labute approximate surface area is 160 Å². The summed E-state index contributed by atoms with van der Waals surface area (Å²) in [6.45, 7) is 1.44. The zero-order chi connectivity index (χ0) is 19.9. The SMILES string of the molecule is Cc1cc(SCC(=O)OCC(=O)NC(=O)NCC(F)(F)F)c(C)cc1Br. The molecule has 0 aliphatic heterocycles. The monoisotopic (exact) mass is 456 g/mol. The molecule has 1 aromatic rings. The fourth-order valence-electron chi connectivity index (χ4n) is 1.62. The number of amides is 3. The molecule has 0 unspecified atom stereocenters. The summed E-state index contributed by atoms with van der Waals surface area (Å²) in [7, 11) is 0. The summed E-state index contributed by atoms with van der Waals surface area (Å²) in [6, 6.07) is 2.49. The smallest absolute Gasteiger partial charge is 0.405 e. The van der Waals surface area contributed by atoms with E-state index in [4.69, 9.17) is 0 Å². The van der Waals surface area contributed by atoms with E-state index in [0.29, 0.717) is 0 Å². The van der Waals surface area contributed by atoms with Crippen molar-refractivity contribution in [2.45, 2.75) is 24.9 Å². The van der Waals surface area contributed by atoms with Crippen LogP contribution in [0.15, 0.2) is 21.5 Å². The molecule has 0 atom stereocenters. The minimum absolute atomic E-state index is 0.0601. The van der Waals surface area contributed by atoms with Crippen molar-refractivity contribution in [3.8, 4) is 0 Å². The minimum atomic E-state index is -4.59. The van der Waals surface area contributed by atoms with Crippen molar-refractivity contribution in [2.24, 2.45) is 0 Å². The van der Waals surface area contributed by atoms with Crippen LogP contribution in [0.4, 0.5) is 18.0 Å². The number of urea groups is 1. The lowest BCUT2D eigenvalue weighted by Gasteiger charge is -2.10. The second kappa shape index (κ2) is 9.81. The second-order valence-electron chi connectivity index (χ2n) is 5.16. The molecule has 0 heterocycles. The third-order valence-electron chi connectivity index (χ3n) is 2.87. The number of carbonyl (C=O) groups excluding carboxylic acids is 3. The van der Waals surface area contributed by atoms with Crippen LogP contribution in [0.2, 0.25) is 0 Å². The summed E-state index contributed by atoms with van der Waals surface area (Å²) in [4.78, 5) is 34.9. The maximum Gasteiger partial charge on any atom is 0.405 e. The molecule has 1 aromatic carbocycles. The van der Waals surface area contributed by atoms with Crippen molar-refractivity contribution in [2.75, 3.05) is 18.9 Å². The molecular formula is C15H16BrF3N2O4S. The molecule has 0 aliphatic carbocycles. The fourth-order valence-corrected chi connectivity index (χ4v) is 2.98. The van der Waals surface area contributed by atoms with Gasteiger partial charge in [0, 0.05) is 9.37 Å². The van der Waals surface area contributed by atoms with Crippen molar-refractivity contribution >= 4 is 45.6 Å². The number of halogens is 4. The number of ether oxygens (including phenoxy) is 1. The van der Waals surface area contributed by atoms with Crippen LogP contribution >= 0.6 is 27.7 Å². The van der Waals surface area contributed by atoms with Gasteiger partial charge >= 0.3 is 18.2 Å². The first-order chi connectivity index (χ1) is 12.0. The van der Waals surface area contributed by atoms with Crippen molar-refractivity contribution < 1.29 is 32.3 Å². The zero-order valence-electron chi connectivity index (χ0n) is 13.8. The molecule has 0 saturated carbocycles. The topological polar surface area (TPSA) is 84.5 Å². The summed E-state index contributed by atoms with van der Waals surface area (Å²) in [5.41, 5.74) is 1.95. The van der Waals surface area contributed by atoms with E-state index < -0.39 is 37.2 Å². The van der Waals surface area contributed by atoms with E-state index in [0.717, 1.165) is 20.5 Å². The van der Waals surface area contributed by atoms with E-state index in [2.05, 4.69) is 20.7 Å². The molecule has 26 heavy (non-hydrogen) atoms. The third-order valence-corrected chi connectivity index (χ3v) is 4.85. The van der Waals surface area contributed by atoms with Crippen molar-refractivity contribution in [3.05, 3.63) is 27.7 Å². The van der Waals surface area contributed by atoms with Gasteiger partial charge in [-0.3, -0.25) is 14.9 Å². The number of nitrogens with one attached hydrogen (secondary N) is 2. The molecule has 1 rings (SSSR count). The zero-order valence-corrected chi connectivity index (χ0v) is 16.2. The normalized spacial score (nSPS) is 11.0. The maximum absolute atomic E-state index is 11.9. The van der Waals surface area contributed by atoms with Crippen LogP contribution in [0.1, 0.15) is 11.1 Å². The van der Waals surface area contributed by atoms with Crippen LogP contribution in [0, 0.1) is 13.8 Å². The Hall–Kier alpha value is -1.75. The van der Waals surface area contributed by atoms with Crippen LogP contribution < -0.4 is 10.6 Å². The number of rotatable bonds is 6. The molecule has 144 valence electrons. The highest BCUT2D eigenvalue weighted by molar-refractivity contribution is 9.10. The molecule has 2 N–H and O–H groups in total. The highest BCUT2D eigenvalue weighted by Gasteiger charge is 2.28. The van der Waals surface area contributed by atoms with Gasteiger partial charge in [-0.2, -0.15) is 13.2 Å². The lowest BCUT2D eigenvalue weighted by atomic mass is 10.2. The van der Waals surface area contributed by atoms with Gasteiger partial charge in [0.25, 0.3) is 5.91 Å². The van der Waals surface area contributed by atoms with Crippen LogP contribution in [0.3, 0.4) is 0 Å². The highest BCUT2D eigenvalue weighted by atomic mass is 79.9. The van der Waals surface area contributed by atoms with Gasteiger partial charge < -0.3 is 10.1 Å². The molecule has 3 amide bonds. The number of thioether (sulfide) groups is 1. The van der Waals surface area contributed by atoms with Crippen molar-refractivity contribution in [3.63, 3.8) is 0 Å². The van der Waals surface area contributed by atoms with Crippen LogP contribution in [0.25, 0.3) is 0 Å². The Bertz CT molecular complexity index is 698. The molecule has 6 nitrogen and oxygen atoms in total. The van der Waals surface area contributed by atoms with Gasteiger partial charge in [0.15, 0.2) is 6.61 Å². The van der Waals surface area contributed by atoms with E-state index in [9.17, 15) is 27.6 Å². The molecule has 0 aliphatic rings. The van der Waals surface area contributed by atoms with Crippen LogP contribution in [0.5, 0.6) is 0 Å². The number of esters is 1. The number of hydrogen-bond acceptors (Lipinski definition) is 5. The van der Waals surface area contributed by atoms with Crippen LogP contribution in [-0.4, -0.2) is 43.0 Å². The summed E-state index contributed by atoms with van der Waals surface area (Å²) in [5.74, 6) is -1.78. The predicted molar refractivity (Wildman–Crippen MR) is 92.9 cm³/mol. The maximum atomic E-state index is 11.9. The van der Waals surface area contributed by atoms with Crippen molar-refractivity contribution in [1.29, 1.82) is 0 Å². The van der Waals surface area contributed by atoms with Gasteiger partial charge in [-0.25, -0.2) is 4.79 Å². The van der Waals surface area contributed by atoms with E-state index in [1.54, 1.807) is 5.32 Å². The van der Waals surface area contributed by atoms with Gasteiger partial charge in [-0.05, 0) is 37.1 Å². The number of imide groups is 1. The number of hydrogen-bond donors (Lipinski definition) is 2. The third kappa shape index (κ3) is 8.56. The Morgan fingerprint density at radius 2 is 1.85 bits per heavy atom. The number of benzene rings is 1. The largest absolute Gasteiger partial charge is 0.455 e. The number of alkyl halides is 3. The standard InChI is InChI=1S/C15H16BrF3N2O4S/c1-8-4-11(9(2)3-10(8)16)26-6-13(23)25-5-12(22)21-14(24)20-7-15(17,18)19/h3-4H,5-7H2,1-2H3,(H2,20,21,22,24). The molecule has 0 fully saturated rings. The van der Waals surface area contributed by atoms with Crippen LogP contribution in [-0.2, 0) is 14.3 Å². The summed E-state index contributed by atoms with van der Waals surface area (Å²) >= 11 is 4.63. The van der Waals surface area contributed by atoms with Gasteiger partial charge in [0.1, 0.15) is 6.54 Å². The average molecular weight is 457 g/mol. The molecule has 0 spiro atoms. The van der Waals surface area contributed by atoms with Gasteiger partial charge in [0.2, 0.25) is 0 Å². The van der Waals surface area contributed by atoms with Gasteiger partial charge in [0.05, 0.1) is 5.75 Å². The molecular weight excluding hydrogens is 441 g/mol. The van der Waals surface area contributed by atoms with Gasteiger partial charge in [-0.1, -0.05) is 15.9 Å². The number of carbonyl (C=O) groups is 3. The molecule has 0 aromatic heterocycles. The molecule has 11 heteroatoms. The Morgan fingerprint density at radius 3 is 2.46 bits per heavy atom. The predicted octanol–water partition coefficient (Wildman–Crippen LogP) is 3.09. The first-order valence-electron chi connectivity index (χ1n) is 7.17. The molecule has 0 bridgehead atoms. The summed E-state index contributed by atoms with van der Waals surface area (Å²) in [5, 5.41) is 3.09. The highest BCUT2D eigenvalue weighted by Crippen LogP contribution is 2.28. The molecule has 0 saturated heterocycles.